The maximum Gasteiger partial charge on any atom is 0.216 e. The Kier molecular flexibility index (Phi) is 5.20. The normalized spacial score (nSPS) is 9.94. The van der Waals surface area contributed by atoms with Gasteiger partial charge in [0.15, 0.2) is 5.78 Å². The zero-order valence-corrected chi connectivity index (χ0v) is 9.90. The molecule has 0 fully saturated rings. The van der Waals surface area contributed by atoms with Crippen LogP contribution in [0.2, 0.25) is 0 Å². The molecule has 4 nitrogen and oxygen atoms in total. The zero-order valence-electron chi connectivity index (χ0n) is 9.90. The monoisotopic (exact) mass is 235 g/mol. The highest BCUT2D eigenvalue weighted by Gasteiger charge is 2.09. The average Bonchev–Trinajstić information content (AvgIpc) is 2.28. The number of unbranched alkanes of at least 4 members (excludes halogenated alkanes) is 1. The number of ketones is 1. The van der Waals surface area contributed by atoms with E-state index in [0.717, 1.165) is 6.42 Å². The first kappa shape index (κ1) is 13.2. The van der Waals surface area contributed by atoms with Crippen LogP contribution in [0.15, 0.2) is 24.3 Å². The van der Waals surface area contributed by atoms with Crippen LogP contribution in [0.1, 0.15) is 36.5 Å². The van der Waals surface area contributed by atoms with Crippen LogP contribution in [0.3, 0.4) is 0 Å². The van der Waals surface area contributed by atoms with Crippen molar-refractivity contribution in [3.8, 4) is 5.75 Å². The lowest BCUT2D eigenvalue weighted by molar-refractivity contribution is -0.118. The predicted octanol–water partition coefficient (Wildman–Crippen LogP) is 1.88. The summed E-state index contributed by atoms with van der Waals surface area (Å²) in [6, 6.07) is 6.53. The zero-order chi connectivity index (χ0) is 12.7. The number of carbonyl (C=O) groups is 2. The molecule has 0 heterocycles. The van der Waals surface area contributed by atoms with E-state index in [0.29, 0.717) is 24.9 Å². The number of carbonyl (C=O) groups excluding carboxylic acids is 2. The summed E-state index contributed by atoms with van der Waals surface area (Å²) >= 11 is 0. The quantitative estimate of drug-likeness (QED) is 0.584. The highest BCUT2D eigenvalue weighted by atomic mass is 16.3. The molecule has 1 amide bonds. The first-order valence-electron chi connectivity index (χ1n) is 5.67. The second-order valence-electron chi connectivity index (χ2n) is 3.88. The molecule has 0 saturated carbocycles. The first-order valence-corrected chi connectivity index (χ1v) is 5.67. The lowest BCUT2D eigenvalue weighted by atomic mass is 10.0. The van der Waals surface area contributed by atoms with Crippen molar-refractivity contribution in [2.45, 2.75) is 26.2 Å². The van der Waals surface area contributed by atoms with E-state index in [4.69, 9.17) is 0 Å². The summed E-state index contributed by atoms with van der Waals surface area (Å²) in [6.45, 7) is 2.05. The van der Waals surface area contributed by atoms with Crippen LogP contribution >= 0.6 is 0 Å². The Bertz CT molecular complexity index is 401. The average molecular weight is 235 g/mol. The van der Waals surface area contributed by atoms with Crippen molar-refractivity contribution in [1.82, 2.24) is 5.32 Å². The van der Waals surface area contributed by atoms with Crippen molar-refractivity contribution >= 4 is 11.7 Å². The van der Waals surface area contributed by atoms with Crippen LogP contribution in [0.4, 0.5) is 0 Å². The van der Waals surface area contributed by atoms with Gasteiger partial charge < -0.3 is 10.4 Å². The van der Waals surface area contributed by atoms with Crippen molar-refractivity contribution in [2.24, 2.45) is 0 Å². The van der Waals surface area contributed by atoms with E-state index in [1.165, 1.54) is 13.0 Å². The van der Waals surface area contributed by atoms with E-state index in [1.807, 2.05) is 0 Å². The van der Waals surface area contributed by atoms with Gasteiger partial charge in [0, 0.05) is 19.9 Å². The lowest BCUT2D eigenvalue weighted by Crippen LogP contribution is -2.20. The molecule has 1 rings (SSSR count). The fourth-order valence-corrected chi connectivity index (χ4v) is 1.52. The molecule has 1 aromatic rings. The summed E-state index contributed by atoms with van der Waals surface area (Å²) in [5.41, 5.74) is 0.368. The molecular weight excluding hydrogens is 218 g/mol. The van der Waals surface area contributed by atoms with Crippen molar-refractivity contribution in [2.75, 3.05) is 6.54 Å². The van der Waals surface area contributed by atoms with Gasteiger partial charge in [0.1, 0.15) is 5.75 Å². The van der Waals surface area contributed by atoms with Crippen molar-refractivity contribution in [3.63, 3.8) is 0 Å². The molecule has 17 heavy (non-hydrogen) atoms. The predicted molar refractivity (Wildman–Crippen MR) is 65.0 cm³/mol. The standard InChI is InChI=1S/C13H17NO3/c1-10(15)14-9-5-4-8-13(17)11-6-2-3-7-12(11)16/h2-3,6-7,16H,4-5,8-9H2,1H3,(H,14,15). The summed E-state index contributed by atoms with van der Waals surface area (Å²) in [5.74, 6) is -0.0951. The van der Waals surface area contributed by atoms with Crippen molar-refractivity contribution in [3.05, 3.63) is 29.8 Å². The second-order valence-corrected chi connectivity index (χ2v) is 3.88. The van der Waals surface area contributed by atoms with Gasteiger partial charge in [-0.15, -0.1) is 0 Å². The van der Waals surface area contributed by atoms with Crippen LogP contribution in [0.25, 0.3) is 0 Å². The number of hydrogen-bond donors (Lipinski definition) is 2. The summed E-state index contributed by atoms with van der Waals surface area (Å²) in [7, 11) is 0. The number of phenols is 1. The van der Waals surface area contributed by atoms with Gasteiger partial charge in [0.25, 0.3) is 0 Å². The van der Waals surface area contributed by atoms with Crippen molar-refractivity contribution < 1.29 is 14.7 Å². The Morgan fingerprint density at radius 2 is 1.94 bits per heavy atom. The van der Waals surface area contributed by atoms with Gasteiger partial charge in [0.2, 0.25) is 5.91 Å². The van der Waals surface area contributed by atoms with E-state index in [9.17, 15) is 14.7 Å². The van der Waals surface area contributed by atoms with Crippen LogP contribution in [-0.2, 0) is 4.79 Å². The Balaban J connectivity index is 2.31. The van der Waals surface area contributed by atoms with Gasteiger partial charge in [-0.05, 0) is 25.0 Å². The van der Waals surface area contributed by atoms with Crippen LogP contribution in [-0.4, -0.2) is 23.3 Å². The van der Waals surface area contributed by atoms with Crippen molar-refractivity contribution in [1.29, 1.82) is 0 Å². The summed E-state index contributed by atoms with van der Waals surface area (Å²) < 4.78 is 0. The highest BCUT2D eigenvalue weighted by molar-refractivity contribution is 5.98. The minimum Gasteiger partial charge on any atom is -0.507 e. The molecule has 0 aromatic heterocycles. The largest absolute Gasteiger partial charge is 0.507 e. The fourth-order valence-electron chi connectivity index (χ4n) is 1.52. The third-order valence-electron chi connectivity index (χ3n) is 2.41. The third-order valence-corrected chi connectivity index (χ3v) is 2.41. The molecule has 0 radical (unpaired) electrons. The molecule has 2 N–H and O–H groups in total. The minimum absolute atomic E-state index is 0.0272. The van der Waals surface area contributed by atoms with Gasteiger partial charge in [-0.1, -0.05) is 12.1 Å². The summed E-state index contributed by atoms with van der Waals surface area (Å²) in [6.07, 6.45) is 1.85. The van der Waals surface area contributed by atoms with Gasteiger partial charge in [-0.2, -0.15) is 0 Å². The Labute approximate surface area is 101 Å². The number of nitrogens with one attached hydrogen (secondary N) is 1. The molecule has 0 aliphatic rings. The maximum atomic E-state index is 11.7. The first-order chi connectivity index (χ1) is 8.11. The highest BCUT2D eigenvalue weighted by Crippen LogP contribution is 2.18. The Morgan fingerprint density at radius 3 is 2.59 bits per heavy atom. The van der Waals surface area contributed by atoms with Gasteiger partial charge in [0.05, 0.1) is 5.56 Å². The van der Waals surface area contributed by atoms with E-state index >= 15 is 0 Å². The number of rotatable bonds is 6. The topological polar surface area (TPSA) is 66.4 Å². The molecule has 0 unspecified atom stereocenters. The second kappa shape index (κ2) is 6.68. The summed E-state index contributed by atoms with van der Waals surface area (Å²) in [4.78, 5) is 22.3. The molecule has 0 bridgehead atoms. The fraction of sp³-hybridized carbons (Fsp3) is 0.385. The van der Waals surface area contributed by atoms with Crippen LogP contribution < -0.4 is 5.32 Å². The molecule has 0 aliphatic heterocycles. The smallest absolute Gasteiger partial charge is 0.216 e. The van der Waals surface area contributed by atoms with Gasteiger partial charge >= 0.3 is 0 Å². The molecule has 0 saturated heterocycles. The van der Waals surface area contributed by atoms with Crippen LogP contribution in [0.5, 0.6) is 5.75 Å². The number of amides is 1. The van der Waals surface area contributed by atoms with E-state index < -0.39 is 0 Å². The number of Topliss-reactive ketones (excluding diaryl/α,β-unsaturated/α-hetero) is 1. The molecule has 0 aliphatic carbocycles. The Morgan fingerprint density at radius 1 is 1.24 bits per heavy atom. The molecule has 0 spiro atoms. The number of benzene rings is 1. The molecule has 1 aromatic carbocycles. The molecule has 92 valence electrons. The van der Waals surface area contributed by atoms with E-state index in [2.05, 4.69) is 5.32 Å². The Hall–Kier alpha value is -1.84. The number of para-hydroxylation sites is 1. The van der Waals surface area contributed by atoms with Gasteiger partial charge in [-0.3, -0.25) is 9.59 Å². The van der Waals surface area contributed by atoms with E-state index in [1.54, 1.807) is 18.2 Å². The summed E-state index contributed by atoms with van der Waals surface area (Å²) in [5, 5.41) is 12.1. The van der Waals surface area contributed by atoms with Gasteiger partial charge in [-0.25, -0.2) is 0 Å². The lowest BCUT2D eigenvalue weighted by Gasteiger charge is -2.04. The molecular formula is C13H17NO3. The number of hydrogen-bond acceptors (Lipinski definition) is 3. The number of phenolic OH excluding ortho intramolecular Hbond substituents is 1. The van der Waals surface area contributed by atoms with Crippen LogP contribution in [0, 0.1) is 0 Å². The minimum atomic E-state index is -0.0640. The number of aromatic hydroxyl groups is 1. The maximum absolute atomic E-state index is 11.7. The third kappa shape index (κ3) is 4.68. The SMILES string of the molecule is CC(=O)NCCCCC(=O)c1ccccc1O. The molecule has 4 heteroatoms. The molecule has 0 atom stereocenters. The van der Waals surface area contributed by atoms with E-state index in [-0.39, 0.29) is 17.4 Å².